The van der Waals surface area contributed by atoms with E-state index in [4.69, 9.17) is 9.15 Å². The fourth-order valence-electron chi connectivity index (χ4n) is 3.79. The number of furan rings is 1. The van der Waals surface area contributed by atoms with Gasteiger partial charge in [-0.05, 0) is 31.4 Å². The first-order chi connectivity index (χ1) is 12.1. The van der Waals surface area contributed by atoms with Gasteiger partial charge in [0.1, 0.15) is 17.3 Å². The smallest absolute Gasteiger partial charge is 0.131 e. The summed E-state index contributed by atoms with van der Waals surface area (Å²) in [6.45, 7) is 9.32. The van der Waals surface area contributed by atoms with E-state index in [1.807, 2.05) is 11.7 Å². The molecule has 2 aromatic rings. The van der Waals surface area contributed by atoms with Crippen LogP contribution in [-0.4, -0.2) is 36.1 Å². The van der Waals surface area contributed by atoms with Gasteiger partial charge in [0.05, 0.1) is 25.5 Å². The summed E-state index contributed by atoms with van der Waals surface area (Å²) in [6.07, 6.45) is 1.26. The number of anilines is 1. The molecule has 0 amide bonds. The van der Waals surface area contributed by atoms with E-state index in [2.05, 4.69) is 41.3 Å². The molecule has 0 bridgehead atoms. The second-order valence-corrected chi connectivity index (χ2v) is 7.34. The number of hydrogen-bond donors (Lipinski definition) is 1. The molecule has 1 aliphatic heterocycles. The normalized spacial score (nSPS) is 23.2. The lowest BCUT2D eigenvalue weighted by atomic mass is 10.2. The number of morpholine rings is 1. The van der Waals surface area contributed by atoms with Gasteiger partial charge in [-0.15, -0.1) is 0 Å². The Morgan fingerprint density at radius 3 is 2.72 bits per heavy atom. The van der Waals surface area contributed by atoms with Crippen LogP contribution < -0.4 is 10.2 Å². The molecular weight excluding hydrogens is 316 g/mol. The number of aromatic nitrogens is 2. The first-order valence-corrected chi connectivity index (χ1v) is 9.28. The van der Waals surface area contributed by atoms with E-state index in [0.717, 1.165) is 62.5 Å². The predicted octanol–water partition coefficient (Wildman–Crippen LogP) is 2.57. The lowest BCUT2D eigenvalue weighted by molar-refractivity contribution is 0.122. The van der Waals surface area contributed by atoms with E-state index in [1.165, 1.54) is 17.8 Å². The van der Waals surface area contributed by atoms with Crippen molar-refractivity contribution in [2.45, 2.75) is 39.3 Å². The van der Waals surface area contributed by atoms with Gasteiger partial charge in [-0.25, -0.2) is 0 Å². The van der Waals surface area contributed by atoms with Gasteiger partial charge in [0.15, 0.2) is 0 Å². The van der Waals surface area contributed by atoms with Gasteiger partial charge in [0.2, 0.25) is 0 Å². The molecule has 6 nitrogen and oxygen atoms in total. The van der Waals surface area contributed by atoms with Gasteiger partial charge >= 0.3 is 0 Å². The summed E-state index contributed by atoms with van der Waals surface area (Å²) in [5.41, 5.74) is 2.36. The van der Waals surface area contributed by atoms with Crippen molar-refractivity contribution in [1.82, 2.24) is 15.1 Å². The largest absolute Gasteiger partial charge is 0.464 e. The van der Waals surface area contributed by atoms with Crippen molar-refractivity contribution in [3.05, 3.63) is 34.9 Å². The Morgan fingerprint density at radius 2 is 2.00 bits per heavy atom. The summed E-state index contributed by atoms with van der Waals surface area (Å²) in [4.78, 5) is 2.37. The van der Waals surface area contributed by atoms with E-state index in [-0.39, 0.29) is 0 Å². The van der Waals surface area contributed by atoms with Crippen molar-refractivity contribution in [2.75, 3.05) is 31.2 Å². The van der Waals surface area contributed by atoms with Gasteiger partial charge in [-0.2, -0.15) is 5.10 Å². The minimum Gasteiger partial charge on any atom is -0.464 e. The highest BCUT2D eigenvalue weighted by atomic mass is 16.5. The van der Waals surface area contributed by atoms with Crippen molar-refractivity contribution in [1.29, 1.82) is 0 Å². The van der Waals surface area contributed by atoms with Gasteiger partial charge in [0.25, 0.3) is 0 Å². The molecule has 6 heteroatoms. The average Bonchev–Trinajstić information content (AvgIpc) is 3.03. The van der Waals surface area contributed by atoms with Gasteiger partial charge < -0.3 is 19.4 Å². The zero-order valence-electron chi connectivity index (χ0n) is 15.4. The predicted molar refractivity (Wildman–Crippen MR) is 96.8 cm³/mol. The van der Waals surface area contributed by atoms with Crippen LogP contribution >= 0.6 is 0 Å². The maximum atomic E-state index is 5.99. The molecule has 2 aromatic heterocycles. The van der Waals surface area contributed by atoms with Crippen LogP contribution in [0.2, 0.25) is 0 Å². The van der Waals surface area contributed by atoms with Crippen molar-refractivity contribution in [3.8, 4) is 0 Å². The van der Waals surface area contributed by atoms with Crippen LogP contribution in [0.3, 0.4) is 0 Å². The number of hydrogen-bond acceptors (Lipinski definition) is 5. The molecule has 25 heavy (non-hydrogen) atoms. The number of aryl methyl sites for hydroxylation is 2. The van der Waals surface area contributed by atoms with Crippen molar-refractivity contribution >= 4 is 5.82 Å². The third-order valence-corrected chi connectivity index (χ3v) is 5.38. The quantitative estimate of drug-likeness (QED) is 0.873. The minimum atomic E-state index is 0.641. The van der Waals surface area contributed by atoms with Crippen LogP contribution in [0.4, 0.5) is 5.82 Å². The van der Waals surface area contributed by atoms with E-state index in [1.54, 1.807) is 0 Å². The number of nitrogens with one attached hydrogen (secondary N) is 1. The molecule has 3 heterocycles. The van der Waals surface area contributed by atoms with Gasteiger partial charge in [0, 0.05) is 38.2 Å². The highest BCUT2D eigenvalue weighted by molar-refractivity contribution is 5.50. The summed E-state index contributed by atoms with van der Waals surface area (Å²) in [5.74, 6) is 4.79. The lowest BCUT2D eigenvalue weighted by Gasteiger charge is -2.29. The Bertz CT molecular complexity index is 730. The van der Waals surface area contributed by atoms with Gasteiger partial charge in [-0.3, -0.25) is 4.68 Å². The first kappa shape index (κ1) is 16.7. The second-order valence-electron chi connectivity index (χ2n) is 7.34. The molecule has 1 saturated heterocycles. The van der Waals surface area contributed by atoms with E-state index in [0.29, 0.717) is 5.92 Å². The van der Waals surface area contributed by atoms with Crippen LogP contribution in [0.15, 0.2) is 16.5 Å². The third-order valence-electron chi connectivity index (χ3n) is 5.38. The molecule has 2 fully saturated rings. The Hall–Kier alpha value is -1.79. The first-order valence-electron chi connectivity index (χ1n) is 9.28. The highest BCUT2D eigenvalue weighted by Gasteiger charge is 2.36. The lowest BCUT2D eigenvalue weighted by Crippen LogP contribution is -2.38. The number of rotatable bonds is 6. The fourth-order valence-corrected chi connectivity index (χ4v) is 3.79. The minimum absolute atomic E-state index is 0.641. The van der Waals surface area contributed by atoms with Crippen LogP contribution in [0.25, 0.3) is 0 Å². The Labute approximate surface area is 149 Å². The summed E-state index contributed by atoms with van der Waals surface area (Å²) < 4.78 is 13.5. The molecule has 0 unspecified atom stereocenters. The maximum absolute atomic E-state index is 5.99. The molecule has 2 atom stereocenters. The molecule has 1 saturated carbocycles. The van der Waals surface area contributed by atoms with Crippen LogP contribution in [0.1, 0.15) is 42.0 Å². The zero-order chi connectivity index (χ0) is 17.4. The monoisotopic (exact) mass is 344 g/mol. The zero-order valence-corrected chi connectivity index (χ0v) is 15.4. The standard InChI is InChI=1S/C19H28N4O2/c1-13-10-16(13)18-5-4-15(25-18)11-20-12-17-14(2)21-22(3)19(17)23-6-8-24-9-7-23/h4-5,13,16,20H,6-12H2,1-3H3/t13-,16-/m1/s1. The fraction of sp³-hybridized carbons (Fsp3) is 0.632. The molecule has 4 rings (SSSR count). The molecule has 0 aromatic carbocycles. The Morgan fingerprint density at radius 1 is 1.24 bits per heavy atom. The van der Waals surface area contributed by atoms with Crippen LogP contribution in [-0.2, 0) is 24.9 Å². The Balaban J connectivity index is 1.39. The summed E-state index contributed by atoms with van der Waals surface area (Å²) in [6, 6.07) is 4.24. The van der Waals surface area contributed by atoms with Crippen molar-refractivity contribution in [2.24, 2.45) is 13.0 Å². The van der Waals surface area contributed by atoms with Crippen molar-refractivity contribution < 1.29 is 9.15 Å². The average molecular weight is 344 g/mol. The van der Waals surface area contributed by atoms with E-state index in [9.17, 15) is 0 Å². The topological polar surface area (TPSA) is 55.5 Å². The third kappa shape index (κ3) is 3.46. The Kier molecular flexibility index (Phi) is 4.56. The summed E-state index contributed by atoms with van der Waals surface area (Å²) in [7, 11) is 2.02. The molecule has 1 aliphatic carbocycles. The molecule has 136 valence electrons. The van der Waals surface area contributed by atoms with Crippen molar-refractivity contribution in [3.63, 3.8) is 0 Å². The SMILES string of the molecule is Cc1nn(C)c(N2CCOCC2)c1CNCc1ccc([C@@H]2C[C@H]2C)o1. The number of nitrogens with zero attached hydrogens (tertiary/aromatic N) is 3. The molecule has 2 aliphatic rings. The van der Waals surface area contributed by atoms with Crippen LogP contribution in [0.5, 0.6) is 0 Å². The number of ether oxygens (including phenoxy) is 1. The van der Waals surface area contributed by atoms with E-state index >= 15 is 0 Å². The molecular formula is C19H28N4O2. The van der Waals surface area contributed by atoms with Gasteiger partial charge in [-0.1, -0.05) is 6.92 Å². The van der Waals surface area contributed by atoms with E-state index < -0.39 is 0 Å². The molecule has 0 spiro atoms. The summed E-state index contributed by atoms with van der Waals surface area (Å²) >= 11 is 0. The molecule has 1 N–H and O–H groups in total. The highest BCUT2D eigenvalue weighted by Crippen LogP contribution is 2.47. The maximum Gasteiger partial charge on any atom is 0.131 e. The summed E-state index contributed by atoms with van der Waals surface area (Å²) in [5, 5.41) is 8.16. The second kappa shape index (κ2) is 6.84. The molecule has 0 radical (unpaired) electrons. The van der Waals surface area contributed by atoms with Crippen LogP contribution in [0, 0.1) is 12.8 Å².